The first-order chi connectivity index (χ1) is 14.5. The van der Waals surface area contributed by atoms with E-state index in [2.05, 4.69) is 0 Å². The maximum atomic E-state index is 12.6. The number of esters is 2. The Morgan fingerprint density at radius 3 is 2.53 bits per heavy atom. The quantitative estimate of drug-likeness (QED) is 0.679. The molecule has 0 saturated carbocycles. The maximum Gasteiger partial charge on any atom is 0.355 e. The molecule has 0 aliphatic carbocycles. The van der Waals surface area contributed by atoms with E-state index in [-0.39, 0.29) is 31.2 Å². The van der Waals surface area contributed by atoms with Crippen molar-refractivity contribution in [1.29, 1.82) is 0 Å². The lowest BCUT2D eigenvalue weighted by atomic mass is 10.1. The molecule has 0 amide bonds. The van der Waals surface area contributed by atoms with Crippen LogP contribution in [0.4, 0.5) is 5.69 Å². The lowest BCUT2D eigenvalue weighted by molar-refractivity contribution is -0.140. The van der Waals surface area contributed by atoms with E-state index in [1.807, 2.05) is 6.92 Å². The summed E-state index contributed by atoms with van der Waals surface area (Å²) in [5.41, 5.74) is 1.23. The van der Waals surface area contributed by atoms with Gasteiger partial charge in [-0.25, -0.2) is 9.59 Å². The molecule has 160 valence electrons. The minimum atomic E-state index is -0.702. The number of methoxy groups -OCH3 is 2. The van der Waals surface area contributed by atoms with E-state index >= 15 is 0 Å². The maximum absolute atomic E-state index is 12.6. The Hall–Kier alpha value is -3.30. The highest BCUT2D eigenvalue weighted by molar-refractivity contribution is 6.03. The van der Waals surface area contributed by atoms with Gasteiger partial charge in [-0.15, -0.1) is 0 Å². The van der Waals surface area contributed by atoms with Gasteiger partial charge in [-0.1, -0.05) is 0 Å². The first-order valence-corrected chi connectivity index (χ1v) is 9.25. The lowest BCUT2D eigenvalue weighted by Crippen LogP contribution is -2.39. The van der Waals surface area contributed by atoms with Crippen molar-refractivity contribution in [3.63, 3.8) is 0 Å². The number of anilines is 1. The predicted octanol–water partition coefficient (Wildman–Crippen LogP) is 2.23. The molecule has 9 nitrogen and oxygen atoms in total. The number of carbonyl (C=O) groups is 2. The molecule has 1 aromatic carbocycles. The summed E-state index contributed by atoms with van der Waals surface area (Å²) in [5.74, 6) is 0.0363. The summed E-state index contributed by atoms with van der Waals surface area (Å²) in [6.45, 7) is 1.91. The molecule has 0 bridgehead atoms. The molecular weight excluding hydrogens is 394 g/mol. The van der Waals surface area contributed by atoms with Gasteiger partial charge in [0.05, 0.1) is 38.7 Å². The standard InChI is InChI=1S/C21H23NO8/c1-4-29-18-7-5-13(17-8-6-14(10-23)30-17)9-16(18)22-12-28-11-15(20(24)26-2)19(22)21(25)27-3/h5-9,23H,4,10-12H2,1-3H3. The number of hydrogen-bond donors (Lipinski definition) is 1. The van der Waals surface area contributed by atoms with Gasteiger partial charge in [0.15, 0.2) is 0 Å². The number of furan rings is 1. The summed E-state index contributed by atoms with van der Waals surface area (Å²) in [7, 11) is 2.46. The Morgan fingerprint density at radius 1 is 1.13 bits per heavy atom. The molecule has 2 heterocycles. The minimum Gasteiger partial charge on any atom is -0.492 e. The van der Waals surface area contributed by atoms with Crippen LogP contribution < -0.4 is 9.64 Å². The molecule has 0 unspecified atom stereocenters. The monoisotopic (exact) mass is 417 g/mol. The van der Waals surface area contributed by atoms with Crippen molar-refractivity contribution in [2.45, 2.75) is 13.5 Å². The molecule has 9 heteroatoms. The van der Waals surface area contributed by atoms with E-state index in [4.69, 9.17) is 23.4 Å². The first kappa shape index (κ1) is 21.4. The van der Waals surface area contributed by atoms with Gasteiger partial charge >= 0.3 is 11.9 Å². The third kappa shape index (κ3) is 4.17. The minimum absolute atomic E-state index is 0.00546. The molecule has 0 fully saturated rings. The highest BCUT2D eigenvalue weighted by Crippen LogP contribution is 2.38. The lowest BCUT2D eigenvalue weighted by Gasteiger charge is -2.32. The van der Waals surface area contributed by atoms with Crippen LogP contribution in [0.5, 0.6) is 5.75 Å². The van der Waals surface area contributed by atoms with Gasteiger partial charge in [-0.3, -0.25) is 0 Å². The number of hydrogen-bond acceptors (Lipinski definition) is 9. The Bertz CT molecular complexity index is 962. The highest BCUT2D eigenvalue weighted by atomic mass is 16.5. The number of benzene rings is 1. The summed E-state index contributed by atoms with van der Waals surface area (Å²) in [6.07, 6.45) is 0. The third-order valence-electron chi connectivity index (χ3n) is 4.48. The van der Waals surface area contributed by atoms with Crippen LogP contribution in [0.3, 0.4) is 0 Å². The summed E-state index contributed by atoms with van der Waals surface area (Å²) in [6, 6.07) is 8.68. The average Bonchev–Trinajstić information content (AvgIpc) is 3.27. The number of aliphatic hydroxyl groups is 1. The van der Waals surface area contributed by atoms with E-state index < -0.39 is 11.9 Å². The second-order valence-corrected chi connectivity index (χ2v) is 6.26. The average molecular weight is 417 g/mol. The predicted molar refractivity (Wildman–Crippen MR) is 106 cm³/mol. The number of aliphatic hydroxyl groups excluding tert-OH is 1. The first-order valence-electron chi connectivity index (χ1n) is 9.25. The van der Waals surface area contributed by atoms with Crippen LogP contribution in [0.15, 0.2) is 46.0 Å². The van der Waals surface area contributed by atoms with E-state index in [0.29, 0.717) is 35.1 Å². The van der Waals surface area contributed by atoms with Crippen molar-refractivity contribution in [2.24, 2.45) is 0 Å². The molecule has 1 aliphatic rings. The second-order valence-electron chi connectivity index (χ2n) is 6.26. The Morgan fingerprint density at radius 2 is 1.90 bits per heavy atom. The second kappa shape index (κ2) is 9.47. The Kier molecular flexibility index (Phi) is 6.76. The zero-order valence-electron chi connectivity index (χ0n) is 17.0. The van der Waals surface area contributed by atoms with Gasteiger partial charge in [0.25, 0.3) is 0 Å². The van der Waals surface area contributed by atoms with Crippen LogP contribution in [-0.2, 0) is 30.4 Å². The van der Waals surface area contributed by atoms with Crippen molar-refractivity contribution in [1.82, 2.24) is 0 Å². The van der Waals surface area contributed by atoms with Crippen LogP contribution in [0.2, 0.25) is 0 Å². The van der Waals surface area contributed by atoms with Crippen molar-refractivity contribution < 1.29 is 38.1 Å². The van der Waals surface area contributed by atoms with Crippen LogP contribution in [0.1, 0.15) is 12.7 Å². The van der Waals surface area contributed by atoms with Gasteiger partial charge in [-0.05, 0) is 37.3 Å². The van der Waals surface area contributed by atoms with Crippen molar-refractivity contribution in [3.8, 4) is 17.1 Å². The largest absolute Gasteiger partial charge is 0.492 e. The Labute approximate surface area is 173 Å². The molecular formula is C21H23NO8. The fourth-order valence-electron chi connectivity index (χ4n) is 3.11. The molecule has 0 saturated heterocycles. The van der Waals surface area contributed by atoms with E-state index in [0.717, 1.165) is 0 Å². The molecule has 0 spiro atoms. The zero-order chi connectivity index (χ0) is 21.7. The molecule has 0 atom stereocenters. The van der Waals surface area contributed by atoms with Crippen molar-refractivity contribution in [3.05, 3.63) is 47.4 Å². The van der Waals surface area contributed by atoms with Crippen LogP contribution in [-0.4, -0.2) is 51.2 Å². The summed E-state index contributed by atoms with van der Waals surface area (Å²) < 4.78 is 26.6. The smallest absolute Gasteiger partial charge is 0.355 e. The fraction of sp³-hybridized carbons (Fsp3) is 0.333. The van der Waals surface area contributed by atoms with Gasteiger partial charge < -0.3 is 33.4 Å². The summed E-state index contributed by atoms with van der Waals surface area (Å²) >= 11 is 0. The number of rotatable bonds is 7. The molecule has 2 aromatic rings. The summed E-state index contributed by atoms with van der Waals surface area (Å²) in [5, 5.41) is 9.26. The number of ether oxygens (including phenoxy) is 4. The van der Waals surface area contributed by atoms with E-state index in [1.165, 1.54) is 19.1 Å². The SMILES string of the molecule is CCOc1ccc(-c2ccc(CO)o2)cc1N1COCC(C(=O)OC)=C1C(=O)OC. The van der Waals surface area contributed by atoms with E-state index in [9.17, 15) is 14.7 Å². The Balaban J connectivity index is 2.15. The van der Waals surface area contributed by atoms with Crippen LogP contribution in [0, 0.1) is 0 Å². The molecule has 0 radical (unpaired) electrons. The fourth-order valence-corrected chi connectivity index (χ4v) is 3.11. The van der Waals surface area contributed by atoms with E-state index in [1.54, 1.807) is 30.3 Å². The van der Waals surface area contributed by atoms with Gasteiger partial charge in [0, 0.05) is 5.56 Å². The van der Waals surface area contributed by atoms with Gasteiger partial charge in [0.1, 0.15) is 36.3 Å². The number of carbonyl (C=O) groups excluding carboxylic acids is 2. The molecule has 30 heavy (non-hydrogen) atoms. The molecule has 1 aromatic heterocycles. The van der Waals surface area contributed by atoms with Crippen LogP contribution >= 0.6 is 0 Å². The highest BCUT2D eigenvalue weighted by Gasteiger charge is 2.34. The molecule has 1 aliphatic heterocycles. The molecule has 1 N–H and O–H groups in total. The normalized spacial score (nSPS) is 13.9. The van der Waals surface area contributed by atoms with Gasteiger partial charge in [0.2, 0.25) is 0 Å². The number of nitrogens with zero attached hydrogens (tertiary/aromatic N) is 1. The van der Waals surface area contributed by atoms with Gasteiger partial charge in [-0.2, -0.15) is 0 Å². The summed E-state index contributed by atoms with van der Waals surface area (Å²) in [4.78, 5) is 26.3. The van der Waals surface area contributed by atoms with Crippen molar-refractivity contribution >= 4 is 17.6 Å². The van der Waals surface area contributed by atoms with Crippen molar-refractivity contribution in [2.75, 3.05) is 39.1 Å². The molecule has 3 rings (SSSR count). The topological polar surface area (TPSA) is 108 Å². The third-order valence-corrected chi connectivity index (χ3v) is 4.48. The van der Waals surface area contributed by atoms with Crippen LogP contribution in [0.25, 0.3) is 11.3 Å². The zero-order valence-corrected chi connectivity index (χ0v) is 17.0.